The summed E-state index contributed by atoms with van der Waals surface area (Å²) in [5.74, 6) is 1.67. The maximum Gasteiger partial charge on any atom is 0.253 e. The second-order valence-corrected chi connectivity index (χ2v) is 7.06. The van der Waals surface area contributed by atoms with Crippen molar-refractivity contribution in [1.82, 2.24) is 14.9 Å². The van der Waals surface area contributed by atoms with Crippen molar-refractivity contribution in [1.29, 1.82) is 0 Å². The van der Waals surface area contributed by atoms with E-state index in [1.165, 1.54) is 0 Å². The predicted octanol–water partition coefficient (Wildman–Crippen LogP) is 3.33. The second kappa shape index (κ2) is 7.84. The first-order valence-corrected chi connectivity index (χ1v) is 9.76. The molecule has 0 radical (unpaired) electrons. The largest absolute Gasteiger partial charge is 0.354 e. The van der Waals surface area contributed by atoms with Crippen LogP contribution in [0.1, 0.15) is 23.0 Å². The van der Waals surface area contributed by atoms with Crippen molar-refractivity contribution >= 4 is 28.4 Å². The molecular formula is C22H25N5O. The molecule has 0 aliphatic carbocycles. The number of rotatable bonds is 4. The van der Waals surface area contributed by atoms with E-state index in [1.54, 1.807) is 0 Å². The first kappa shape index (κ1) is 18.2. The van der Waals surface area contributed by atoms with E-state index in [2.05, 4.69) is 26.3 Å². The third kappa shape index (κ3) is 3.76. The molecule has 0 unspecified atom stereocenters. The maximum atomic E-state index is 13.0. The molecule has 1 aliphatic heterocycles. The number of piperazine rings is 1. The van der Waals surface area contributed by atoms with E-state index in [9.17, 15) is 4.79 Å². The van der Waals surface area contributed by atoms with E-state index in [-0.39, 0.29) is 5.91 Å². The van der Waals surface area contributed by atoms with Gasteiger partial charge in [-0.3, -0.25) is 4.79 Å². The van der Waals surface area contributed by atoms with Crippen LogP contribution in [0.4, 0.5) is 11.8 Å². The Bertz CT molecular complexity index is 995. The monoisotopic (exact) mass is 375 g/mol. The van der Waals surface area contributed by atoms with Crippen molar-refractivity contribution in [2.75, 3.05) is 42.9 Å². The number of carbonyl (C=O) groups is 1. The summed E-state index contributed by atoms with van der Waals surface area (Å²) in [4.78, 5) is 26.1. The highest BCUT2D eigenvalue weighted by Gasteiger charge is 2.23. The van der Waals surface area contributed by atoms with Gasteiger partial charge < -0.3 is 15.1 Å². The van der Waals surface area contributed by atoms with Crippen molar-refractivity contribution in [2.45, 2.75) is 13.8 Å². The van der Waals surface area contributed by atoms with Gasteiger partial charge in [0, 0.05) is 50.0 Å². The Labute approximate surface area is 165 Å². The fraction of sp³-hybridized carbons (Fsp3) is 0.318. The van der Waals surface area contributed by atoms with Gasteiger partial charge in [0.05, 0.1) is 0 Å². The van der Waals surface area contributed by atoms with Gasteiger partial charge in [0.2, 0.25) is 5.95 Å². The molecule has 1 saturated heterocycles. The average Bonchev–Trinajstić information content (AvgIpc) is 2.73. The third-order valence-corrected chi connectivity index (χ3v) is 5.06. The molecule has 4 rings (SSSR count). The topological polar surface area (TPSA) is 61.4 Å². The van der Waals surface area contributed by atoms with Gasteiger partial charge in [0.1, 0.15) is 5.82 Å². The lowest BCUT2D eigenvalue weighted by molar-refractivity contribution is 0.0746. The molecule has 3 aromatic rings. The van der Waals surface area contributed by atoms with Gasteiger partial charge in [-0.15, -0.1) is 0 Å². The zero-order valence-corrected chi connectivity index (χ0v) is 16.4. The van der Waals surface area contributed by atoms with Crippen LogP contribution in [0.2, 0.25) is 0 Å². The Morgan fingerprint density at radius 2 is 1.75 bits per heavy atom. The lowest BCUT2D eigenvalue weighted by Crippen LogP contribution is -2.49. The molecule has 1 fully saturated rings. The number of amides is 1. The molecule has 1 amide bonds. The number of carbonyl (C=O) groups excluding carboxylic acids is 1. The van der Waals surface area contributed by atoms with Crippen molar-refractivity contribution < 1.29 is 4.79 Å². The summed E-state index contributed by atoms with van der Waals surface area (Å²) in [6.07, 6.45) is 0. The van der Waals surface area contributed by atoms with E-state index in [4.69, 9.17) is 0 Å². The van der Waals surface area contributed by atoms with E-state index in [1.807, 2.05) is 61.2 Å². The zero-order chi connectivity index (χ0) is 19.5. The smallest absolute Gasteiger partial charge is 0.253 e. The van der Waals surface area contributed by atoms with Crippen LogP contribution in [-0.4, -0.2) is 53.5 Å². The molecular weight excluding hydrogens is 350 g/mol. The molecule has 2 aromatic carbocycles. The van der Waals surface area contributed by atoms with Gasteiger partial charge >= 0.3 is 0 Å². The summed E-state index contributed by atoms with van der Waals surface area (Å²) < 4.78 is 0. The van der Waals surface area contributed by atoms with Crippen LogP contribution in [-0.2, 0) is 0 Å². The van der Waals surface area contributed by atoms with Gasteiger partial charge in [-0.05, 0) is 36.8 Å². The Kier molecular flexibility index (Phi) is 5.10. The Hall–Kier alpha value is -3.15. The molecule has 0 spiro atoms. The SMILES string of the molecule is CCNc1nc(C)cc(N2CCN(C(=O)c3ccc4ccccc4c3)CC2)n1. The molecule has 1 aromatic heterocycles. The summed E-state index contributed by atoms with van der Waals surface area (Å²) in [5, 5.41) is 5.43. The highest BCUT2D eigenvalue weighted by molar-refractivity contribution is 5.98. The van der Waals surface area contributed by atoms with Gasteiger partial charge in [-0.2, -0.15) is 4.98 Å². The minimum atomic E-state index is 0.0950. The van der Waals surface area contributed by atoms with E-state index in [0.29, 0.717) is 19.0 Å². The molecule has 1 aliphatic rings. The van der Waals surface area contributed by atoms with Gasteiger partial charge in [0.15, 0.2) is 0 Å². The Balaban J connectivity index is 1.45. The zero-order valence-electron chi connectivity index (χ0n) is 16.4. The third-order valence-electron chi connectivity index (χ3n) is 5.06. The van der Waals surface area contributed by atoms with Crippen molar-refractivity contribution in [3.8, 4) is 0 Å². The lowest BCUT2D eigenvalue weighted by Gasteiger charge is -2.35. The predicted molar refractivity (Wildman–Crippen MR) is 113 cm³/mol. The van der Waals surface area contributed by atoms with Crippen LogP contribution in [0.15, 0.2) is 48.5 Å². The normalized spacial score (nSPS) is 14.4. The second-order valence-electron chi connectivity index (χ2n) is 7.06. The molecule has 1 N–H and O–H groups in total. The Morgan fingerprint density at radius 3 is 2.50 bits per heavy atom. The first-order valence-electron chi connectivity index (χ1n) is 9.76. The minimum absolute atomic E-state index is 0.0950. The quantitative estimate of drug-likeness (QED) is 0.758. The lowest BCUT2D eigenvalue weighted by atomic mass is 10.1. The van der Waals surface area contributed by atoms with E-state index < -0.39 is 0 Å². The van der Waals surface area contributed by atoms with Crippen molar-refractivity contribution in [3.63, 3.8) is 0 Å². The standard InChI is InChI=1S/C22H25N5O/c1-3-23-22-24-16(2)14-20(25-22)26-10-12-27(13-11-26)21(28)19-9-8-17-6-4-5-7-18(17)15-19/h4-9,14-15H,3,10-13H2,1-2H3,(H,23,24,25). The molecule has 28 heavy (non-hydrogen) atoms. The summed E-state index contributed by atoms with van der Waals surface area (Å²) in [7, 11) is 0. The summed E-state index contributed by atoms with van der Waals surface area (Å²) in [6, 6.07) is 16.1. The maximum absolute atomic E-state index is 13.0. The fourth-order valence-electron chi connectivity index (χ4n) is 3.59. The number of aryl methyl sites for hydroxylation is 1. The van der Waals surface area contributed by atoms with Crippen LogP contribution in [0.25, 0.3) is 10.8 Å². The van der Waals surface area contributed by atoms with Crippen LogP contribution in [0, 0.1) is 6.92 Å². The van der Waals surface area contributed by atoms with Gasteiger partial charge in [-0.25, -0.2) is 4.98 Å². The van der Waals surface area contributed by atoms with E-state index >= 15 is 0 Å². The first-order chi connectivity index (χ1) is 13.6. The molecule has 6 heteroatoms. The number of anilines is 2. The number of aromatic nitrogens is 2. The van der Waals surface area contributed by atoms with Crippen LogP contribution >= 0.6 is 0 Å². The average molecular weight is 375 g/mol. The number of hydrogen-bond acceptors (Lipinski definition) is 5. The fourth-order valence-corrected chi connectivity index (χ4v) is 3.59. The number of fused-ring (bicyclic) bond motifs is 1. The van der Waals surface area contributed by atoms with Gasteiger partial charge in [0.25, 0.3) is 5.91 Å². The van der Waals surface area contributed by atoms with Crippen LogP contribution < -0.4 is 10.2 Å². The highest BCUT2D eigenvalue weighted by atomic mass is 16.2. The van der Waals surface area contributed by atoms with Crippen molar-refractivity contribution in [3.05, 3.63) is 59.8 Å². The molecule has 2 heterocycles. The number of nitrogens with one attached hydrogen (secondary N) is 1. The van der Waals surface area contributed by atoms with Gasteiger partial charge in [-0.1, -0.05) is 30.3 Å². The van der Waals surface area contributed by atoms with E-state index in [0.717, 1.165) is 47.5 Å². The molecule has 0 bridgehead atoms. The molecule has 144 valence electrons. The summed E-state index contributed by atoms with van der Waals surface area (Å²) >= 11 is 0. The molecule has 6 nitrogen and oxygen atoms in total. The minimum Gasteiger partial charge on any atom is -0.354 e. The summed E-state index contributed by atoms with van der Waals surface area (Å²) in [6.45, 7) is 7.70. The van der Waals surface area contributed by atoms with Crippen LogP contribution in [0.5, 0.6) is 0 Å². The number of nitrogens with zero attached hydrogens (tertiary/aromatic N) is 4. The Morgan fingerprint density at radius 1 is 1.00 bits per heavy atom. The molecule has 0 saturated carbocycles. The van der Waals surface area contributed by atoms with Crippen molar-refractivity contribution in [2.24, 2.45) is 0 Å². The highest BCUT2D eigenvalue weighted by Crippen LogP contribution is 2.20. The summed E-state index contributed by atoms with van der Waals surface area (Å²) in [5.41, 5.74) is 1.69. The number of benzene rings is 2. The number of hydrogen-bond donors (Lipinski definition) is 1. The van der Waals surface area contributed by atoms with Crippen LogP contribution in [0.3, 0.4) is 0 Å². The molecule has 0 atom stereocenters.